The van der Waals surface area contributed by atoms with E-state index in [1.54, 1.807) is 6.92 Å². The van der Waals surface area contributed by atoms with Crippen LogP contribution in [0.3, 0.4) is 0 Å². The molecule has 0 aliphatic carbocycles. The van der Waals surface area contributed by atoms with E-state index in [0.717, 1.165) is 6.07 Å². The predicted octanol–water partition coefficient (Wildman–Crippen LogP) is 2.61. The van der Waals surface area contributed by atoms with E-state index in [1.165, 1.54) is 33.1 Å². The lowest BCUT2D eigenvalue weighted by atomic mass is 9.83. The van der Waals surface area contributed by atoms with Crippen molar-refractivity contribution in [1.29, 1.82) is 0 Å². The summed E-state index contributed by atoms with van der Waals surface area (Å²) in [6, 6.07) is 4.05. The van der Waals surface area contributed by atoms with Crippen LogP contribution >= 0.6 is 0 Å². The molecule has 0 heterocycles. The SMILES string of the molecule is CCOC(=O)C(C)(C)C(=O)c1c(F)cccc1OC. The van der Waals surface area contributed by atoms with Gasteiger partial charge in [0.05, 0.1) is 19.3 Å². The number of hydrogen-bond donors (Lipinski definition) is 0. The van der Waals surface area contributed by atoms with Gasteiger partial charge < -0.3 is 9.47 Å². The molecule has 0 aliphatic rings. The molecule has 19 heavy (non-hydrogen) atoms. The Morgan fingerprint density at radius 3 is 2.47 bits per heavy atom. The molecule has 0 bridgehead atoms. The van der Waals surface area contributed by atoms with Gasteiger partial charge in [-0.05, 0) is 32.9 Å². The number of ketones is 1. The molecule has 0 spiro atoms. The second kappa shape index (κ2) is 5.82. The van der Waals surface area contributed by atoms with E-state index in [0.29, 0.717) is 0 Å². The van der Waals surface area contributed by atoms with Crippen LogP contribution in [0.4, 0.5) is 4.39 Å². The Hall–Kier alpha value is -1.91. The molecule has 104 valence electrons. The van der Waals surface area contributed by atoms with E-state index >= 15 is 0 Å². The first-order chi connectivity index (χ1) is 8.86. The van der Waals surface area contributed by atoms with E-state index in [9.17, 15) is 14.0 Å². The van der Waals surface area contributed by atoms with Gasteiger partial charge in [-0.2, -0.15) is 0 Å². The molecule has 0 saturated carbocycles. The molecular formula is C14H17FO4. The highest BCUT2D eigenvalue weighted by molar-refractivity contribution is 6.13. The maximum absolute atomic E-state index is 13.8. The normalized spacial score (nSPS) is 11.0. The quantitative estimate of drug-likeness (QED) is 0.468. The Balaban J connectivity index is 3.23. The molecule has 1 aromatic carbocycles. The maximum Gasteiger partial charge on any atom is 0.319 e. The van der Waals surface area contributed by atoms with Crippen LogP contribution in [0.25, 0.3) is 0 Å². The first kappa shape index (κ1) is 15.1. The van der Waals surface area contributed by atoms with Crippen molar-refractivity contribution in [2.24, 2.45) is 5.41 Å². The van der Waals surface area contributed by atoms with Gasteiger partial charge in [-0.25, -0.2) is 4.39 Å². The summed E-state index contributed by atoms with van der Waals surface area (Å²) in [5.74, 6) is -1.98. The van der Waals surface area contributed by atoms with Crippen molar-refractivity contribution < 1.29 is 23.5 Å². The molecule has 0 N–H and O–H groups in total. The number of carbonyl (C=O) groups is 2. The molecule has 5 heteroatoms. The van der Waals surface area contributed by atoms with Crippen molar-refractivity contribution in [3.05, 3.63) is 29.6 Å². The maximum atomic E-state index is 13.8. The summed E-state index contributed by atoms with van der Waals surface area (Å²) in [4.78, 5) is 24.1. The zero-order valence-electron chi connectivity index (χ0n) is 11.5. The molecule has 0 amide bonds. The third kappa shape index (κ3) is 2.92. The van der Waals surface area contributed by atoms with Crippen molar-refractivity contribution in [1.82, 2.24) is 0 Å². The van der Waals surface area contributed by atoms with Gasteiger partial charge in [-0.1, -0.05) is 6.07 Å². The second-order valence-corrected chi connectivity index (χ2v) is 4.49. The van der Waals surface area contributed by atoms with Gasteiger partial charge in [0, 0.05) is 0 Å². The number of benzene rings is 1. The van der Waals surface area contributed by atoms with E-state index in [4.69, 9.17) is 9.47 Å². The minimum absolute atomic E-state index is 0.0994. The summed E-state index contributed by atoms with van der Waals surface area (Å²) in [5, 5.41) is 0. The third-order valence-corrected chi connectivity index (χ3v) is 2.78. The highest BCUT2D eigenvalue weighted by atomic mass is 19.1. The summed E-state index contributed by atoms with van der Waals surface area (Å²) in [7, 11) is 1.34. The lowest BCUT2D eigenvalue weighted by molar-refractivity contribution is -0.150. The van der Waals surface area contributed by atoms with Crippen molar-refractivity contribution >= 4 is 11.8 Å². The van der Waals surface area contributed by atoms with Crippen LogP contribution in [0.5, 0.6) is 5.75 Å². The zero-order chi connectivity index (χ0) is 14.6. The first-order valence-electron chi connectivity index (χ1n) is 5.90. The molecule has 0 radical (unpaired) electrons. The Labute approximate surface area is 111 Å². The highest BCUT2D eigenvalue weighted by Gasteiger charge is 2.40. The summed E-state index contributed by atoms with van der Waals surface area (Å²) in [6.07, 6.45) is 0. The summed E-state index contributed by atoms with van der Waals surface area (Å²) >= 11 is 0. The van der Waals surface area contributed by atoms with E-state index in [1.807, 2.05) is 0 Å². The number of hydrogen-bond acceptors (Lipinski definition) is 4. The Morgan fingerprint density at radius 2 is 1.95 bits per heavy atom. The molecule has 0 aliphatic heterocycles. The van der Waals surface area contributed by atoms with Crippen molar-refractivity contribution in [2.45, 2.75) is 20.8 Å². The number of carbonyl (C=O) groups excluding carboxylic acids is 2. The minimum Gasteiger partial charge on any atom is -0.496 e. The average Bonchev–Trinajstić information content (AvgIpc) is 2.37. The number of esters is 1. The smallest absolute Gasteiger partial charge is 0.319 e. The fourth-order valence-electron chi connectivity index (χ4n) is 1.61. The van der Waals surface area contributed by atoms with Crippen molar-refractivity contribution in [3.8, 4) is 5.75 Å². The molecule has 0 aromatic heterocycles. The molecule has 4 nitrogen and oxygen atoms in total. The molecule has 0 saturated heterocycles. The molecule has 0 atom stereocenters. The fourth-order valence-corrected chi connectivity index (χ4v) is 1.61. The van der Waals surface area contributed by atoms with E-state index in [2.05, 4.69) is 0 Å². The molecule has 1 rings (SSSR count). The van der Waals surface area contributed by atoms with Crippen LogP contribution in [0.15, 0.2) is 18.2 Å². The number of rotatable bonds is 5. The van der Waals surface area contributed by atoms with Crippen LogP contribution < -0.4 is 4.74 Å². The van der Waals surface area contributed by atoms with E-state index in [-0.39, 0.29) is 17.9 Å². The molecule has 0 fully saturated rings. The topological polar surface area (TPSA) is 52.6 Å². The fraction of sp³-hybridized carbons (Fsp3) is 0.429. The summed E-state index contributed by atoms with van der Waals surface area (Å²) in [6.45, 7) is 4.60. The number of Topliss-reactive ketones (excluding diaryl/α,β-unsaturated/α-hetero) is 1. The van der Waals surface area contributed by atoms with Gasteiger partial charge in [-0.3, -0.25) is 9.59 Å². The lowest BCUT2D eigenvalue weighted by Gasteiger charge is -2.22. The van der Waals surface area contributed by atoms with Gasteiger partial charge in [0.15, 0.2) is 5.78 Å². The summed E-state index contributed by atoms with van der Waals surface area (Å²) < 4.78 is 23.6. The largest absolute Gasteiger partial charge is 0.496 e. The standard InChI is InChI=1S/C14H17FO4/c1-5-19-13(17)14(2,3)12(16)11-9(15)7-6-8-10(11)18-4/h6-8H,5H2,1-4H3. The van der Waals surface area contributed by atoms with Crippen molar-refractivity contribution in [2.75, 3.05) is 13.7 Å². The summed E-state index contributed by atoms with van der Waals surface area (Å²) in [5.41, 5.74) is -1.70. The highest BCUT2D eigenvalue weighted by Crippen LogP contribution is 2.30. The molecule has 0 unspecified atom stereocenters. The average molecular weight is 268 g/mol. The third-order valence-electron chi connectivity index (χ3n) is 2.78. The van der Waals surface area contributed by atoms with Gasteiger partial charge in [0.2, 0.25) is 0 Å². The van der Waals surface area contributed by atoms with Crippen LogP contribution in [0, 0.1) is 11.2 Å². The first-order valence-corrected chi connectivity index (χ1v) is 5.90. The Bertz CT molecular complexity index is 494. The van der Waals surface area contributed by atoms with Crippen molar-refractivity contribution in [3.63, 3.8) is 0 Å². The van der Waals surface area contributed by atoms with Crippen LogP contribution in [0.2, 0.25) is 0 Å². The monoisotopic (exact) mass is 268 g/mol. The molecular weight excluding hydrogens is 251 g/mol. The number of ether oxygens (including phenoxy) is 2. The van der Waals surface area contributed by atoms with Gasteiger partial charge >= 0.3 is 5.97 Å². The number of halogens is 1. The van der Waals surface area contributed by atoms with E-state index < -0.39 is 23.0 Å². The van der Waals surface area contributed by atoms with Crippen LogP contribution in [0.1, 0.15) is 31.1 Å². The zero-order valence-corrected chi connectivity index (χ0v) is 11.5. The van der Waals surface area contributed by atoms with Crippen LogP contribution in [-0.2, 0) is 9.53 Å². The lowest BCUT2D eigenvalue weighted by Crippen LogP contribution is -2.36. The molecule has 1 aromatic rings. The van der Waals surface area contributed by atoms with Crippen LogP contribution in [-0.4, -0.2) is 25.5 Å². The van der Waals surface area contributed by atoms with Gasteiger partial charge in [0.1, 0.15) is 17.0 Å². The van der Waals surface area contributed by atoms with Gasteiger partial charge in [0.25, 0.3) is 0 Å². The second-order valence-electron chi connectivity index (χ2n) is 4.49. The van der Waals surface area contributed by atoms with Gasteiger partial charge in [-0.15, -0.1) is 0 Å². The minimum atomic E-state index is -1.47. The predicted molar refractivity (Wildman–Crippen MR) is 67.7 cm³/mol. The Kier molecular flexibility index (Phi) is 4.64. The Morgan fingerprint density at radius 1 is 1.32 bits per heavy atom. The number of methoxy groups -OCH3 is 1.